The minimum atomic E-state index is 0.804. The van der Waals surface area contributed by atoms with E-state index in [9.17, 15) is 0 Å². The molecule has 0 bridgehead atoms. The zero-order chi connectivity index (χ0) is 13.1. The Hall–Kier alpha value is -2.35. The van der Waals surface area contributed by atoms with Gasteiger partial charge in [-0.2, -0.15) is 0 Å². The van der Waals surface area contributed by atoms with Gasteiger partial charge in [-0.1, -0.05) is 42.5 Å². The summed E-state index contributed by atoms with van der Waals surface area (Å²) in [6, 6.07) is 20.7. The molecule has 94 valence electrons. The zero-order valence-corrected chi connectivity index (χ0v) is 10.9. The van der Waals surface area contributed by atoms with Gasteiger partial charge in [0.25, 0.3) is 0 Å². The van der Waals surface area contributed by atoms with Crippen molar-refractivity contribution in [1.82, 2.24) is 4.98 Å². The van der Waals surface area contributed by atoms with Crippen LogP contribution in [-0.2, 0) is 6.54 Å². The van der Waals surface area contributed by atoms with E-state index < -0.39 is 0 Å². The largest absolute Gasteiger partial charge is 0.366 e. The van der Waals surface area contributed by atoms with Gasteiger partial charge in [0.1, 0.15) is 5.82 Å². The summed E-state index contributed by atoms with van der Waals surface area (Å²) in [6.45, 7) is 2.93. The molecule has 0 unspecified atom stereocenters. The van der Waals surface area contributed by atoms with Crippen LogP contribution in [-0.4, -0.2) is 4.98 Å². The number of rotatable bonds is 3. The maximum atomic E-state index is 4.61. The Kier molecular flexibility index (Phi) is 3.15. The van der Waals surface area contributed by atoms with Crippen LogP contribution in [0.2, 0.25) is 0 Å². The number of para-hydroxylation sites is 1. The van der Waals surface area contributed by atoms with Crippen molar-refractivity contribution >= 4 is 16.7 Å². The van der Waals surface area contributed by atoms with E-state index in [2.05, 4.69) is 53.6 Å². The van der Waals surface area contributed by atoms with Crippen molar-refractivity contribution in [2.45, 2.75) is 13.5 Å². The summed E-state index contributed by atoms with van der Waals surface area (Å²) < 4.78 is 0. The lowest BCUT2D eigenvalue weighted by molar-refractivity contribution is 1.10. The number of nitrogens with zero attached hydrogens (tertiary/aromatic N) is 1. The molecular weight excluding hydrogens is 232 g/mol. The van der Waals surface area contributed by atoms with Crippen LogP contribution in [0.3, 0.4) is 0 Å². The summed E-state index contributed by atoms with van der Waals surface area (Å²) in [6.07, 6.45) is 0. The first kappa shape index (κ1) is 11.7. The van der Waals surface area contributed by atoms with Crippen molar-refractivity contribution in [2.24, 2.45) is 0 Å². The number of hydrogen-bond donors (Lipinski definition) is 1. The van der Waals surface area contributed by atoms with Gasteiger partial charge >= 0.3 is 0 Å². The zero-order valence-electron chi connectivity index (χ0n) is 10.9. The van der Waals surface area contributed by atoms with Crippen LogP contribution in [0.4, 0.5) is 5.82 Å². The van der Waals surface area contributed by atoms with Crippen LogP contribution in [0.15, 0.2) is 60.7 Å². The number of anilines is 1. The van der Waals surface area contributed by atoms with Crippen molar-refractivity contribution in [3.05, 3.63) is 71.8 Å². The monoisotopic (exact) mass is 248 g/mol. The third-order valence-corrected chi connectivity index (χ3v) is 3.32. The lowest BCUT2D eigenvalue weighted by Gasteiger charge is -2.08. The van der Waals surface area contributed by atoms with Crippen LogP contribution in [0.25, 0.3) is 10.9 Å². The number of fused-ring (bicyclic) bond motifs is 1. The second kappa shape index (κ2) is 5.11. The Morgan fingerprint density at radius 3 is 2.58 bits per heavy atom. The highest BCUT2D eigenvalue weighted by atomic mass is 15.0. The van der Waals surface area contributed by atoms with Gasteiger partial charge in [0, 0.05) is 11.9 Å². The first-order valence-corrected chi connectivity index (χ1v) is 6.47. The van der Waals surface area contributed by atoms with E-state index in [-0.39, 0.29) is 0 Å². The number of aryl methyl sites for hydroxylation is 1. The molecule has 0 saturated carbocycles. The molecule has 1 heterocycles. The molecule has 1 aromatic heterocycles. The number of aromatic nitrogens is 1. The van der Waals surface area contributed by atoms with Gasteiger partial charge in [-0.25, -0.2) is 4.98 Å². The maximum absolute atomic E-state index is 4.61. The summed E-state index contributed by atoms with van der Waals surface area (Å²) in [5, 5.41) is 4.55. The fourth-order valence-electron chi connectivity index (χ4n) is 2.16. The lowest BCUT2D eigenvalue weighted by atomic mass is 10.1. The van der Waals surface area contributed by atoms with Crippen molar-refractivity contribution in [2.75, 3.05) is 5.32 Å². The SMILES string of the molecule is Cc1ccccc1CNc1ccc2ccccc2n1. The van der Waals surface area contributed by atoms with E-state index in [0.29, 0.717) is 0 Å². The molecule has 3 rings (SSSR count). The van der Waals surface area contributed by atoms with E-state index >= 15 is 0 Å². The minimum absolute atomic E-state index is 0.804. The number of pyridine rings is 1. The normalized spacial score (nSPS) is 10.6. The fraction of sp³-hybridized carbons (Fsp3) is 0.118. The van der Waals surface area contributed by atoms with Gasteiger partial charge in [0.15, 0.2) is 0 Å². The molecule has 0 saturated heterocycles. The summed E-state index contributed by atoms with van der Waals surface area (Å²) in [7, 11) is 0. The quantitative estimate of drug-likeness (QED) is 0.753. The van der Waals surface area contributed by atoms with Crippen molar-refractivity contribution < 1.29 is 0 Å². The van der Waals surface area contributed by atoms with E-state index in [4.69, 9.17) is 0 Å². The molecule has 2 aromatic carbocycles. The van der Waals surface area contributed by atoms with Crippen LogP contribution < -0.4 is 5.32 Å². The third kappa shape index (κ3) is 2.58. The minimum Gasteiger partial charge on any atom is -0.366 e. The molecule has 0 fully saturated rings. The molecule has 1 N–H and O–H groups in total. The molecule has 3 aromatic rings. The molecule has 0 aliphatic heterocycles. The average molecular weight is 248 g/mol. The van der Waals surface area contributed by atoms with Crippen LogP contribution in [0.1, 0.15) is 11.1 Å². The molecule has 0 spiro atoms. The fourth-order valence-corrected chi connectivity index (χ4v) is 2.16. The Balaban J connectivity index is 1.80. The van der Waals surface area contributed by atoms with Gasteiger partial charge in [0.2, 0.25) is 0 Å². The predicted octanol–water partition coefficient (Wildman–Crippen LogP) is 4.16. The second-order valence-electron chi connectivity index (χ2n) is 4.67. The topological polar surface area (TPSA) is 24.9 Å². The number of nitrogens with one attached hydrogen (secondary N) is 1. The molecule has 0 atom stereocenters. The van der Waals surface area contributed by atoms with Crippen molar-refractivity contribution in [1.29, 1.82) is 0 Å². The lowest BCUT2D eigenvalue weighted by Crippen LogP contribution is -2.02. The van der Waals surface area contributed by atoms with E-state index in [1.54, 1.807) is 0 Å². The first-order valence-electron chi connectivity index (χ1n) is 6.47. The van der Waals surface area contributed by atoms with Crippen LogP contribution >= 0.6 is 0 Å². The standard InChI is InChI=1S/C17H16N2/c1-13-6-2-3-8-15(13)12-18-17-11-10-14-7-4-5-9-16(14)19-17/h2-11H,12H2,1H3,(H,18,19). The summed E-state index contributed by atoms with van der Waals surface area (Å²) in [5.41, 5.74) is 3.63. The van der Waals surface area contributed by atoms with Gasteiger partial charge < -0.3 is 5.32 Å². The Morgan fingerprint density at radius 2 is 1.68 bits per heavy atom. The number of benzene rings is 2. The molecule has 0 amide bonds. The van der Waals surface area contributed by atoms with Crippen LogP contribution in [0, 0.1) is 6.92 Å². The third-order valence-electron chi connectivity index (χ3n) is 3.32. The van der Waals surface area contributed by atoms with Gasteiger partial charge in [0.05, 0.1) is 5.52 Å². The highest BCUT2D eigenvalue weighted by molar-refractivity contribution is 5.80. The molecule has 0 aliphatic carbocycles. The Morgan fingerprint density at radius 1 is 0.895 bits per heavy atom. The van der Waals surface area contributed by atoms with E-state index in [1.807, 2.05) is 24.3 Å². The highest BCUT2D eigenvalue weighted by Gasteiger charge is 1.99. The number of hydrogen-bond acceptors (Lipinski definition) is 2. The molecule has 19 heavy (non-hydrogen) atoms. The molecule has 2 heteroatoms. The molecule has 0 aliphatic rings. The van der Waals surface area contributed by atoms with Crippen molar-refractivity contribution in [3.8, 4) is 0 Å². The Bertz CT molecular complexity index is 704. The van der Waals surface area contributed by atoms with Crippen molar-refractivity contribution in [3.63, 3.8) is 0 Å². The summed E-state index contributed by atoms with van der Waals surface area (Å²) >= 11 is 0. The maximum Gasteiger partial charge on any atom is 0.126 e. The summed E-state index contributed by atoms with van der Waals surface area (Å²) in [4.78, 5) is 4.61. The van der Waals surface area contributed by atoms with E-state index in [1.165, 1.54) is 16.5 Å². The van der Waals surface area contributed by atoms with Crippen LogP contribution in [0.5, 0.6) is 0 Å². The molecule has 2 nitrogen and oxygen atoms in total. The van der Waals surface area contributed by atoms with Gasteiger partial charge in [-0.05, 0) is 36.2 Å². The van der Waals surface area contributed by atoms with Gasteiger partial charge in [-0.15, -0.1) is 0 Å². The molecular formula is C17H16N2. The molecule has 0 radical (unpaired) electrons. The van der Waals surface area contributed by atoms with Gasteiger partial charge in [-0.3, -0.25) is 0 Å². The smallest absolute Gasteiger partial charge is 0.126 e. The Labute approximate surface area is 113 Å². The van der Waals surface area contributed by atoms with E-state index in [0.717, 1.165) is 17.9 Å². The first-order chi connectivity index (χ1) is 9.33. The summed E-state index contributed by atoms with van der Waals surface area (Å²) in [5.74, 6) is 0.918. The highest BCUT2D eigenvalue weighted by Crippen LogP contribution is 2.16. The average Bonchev–Trinajstić information content (AvgIpc) is 2.46. The predicted molar refractivity (Wildman–Crippen MR) is 80.2 cm³/mol. The second-order valence-corrected chi connectivity index (χ2v) is 4.67.